The summed E-state index contributed by atoms with van der Waals surface area (Å²) in [5, 5.41) is 0. The van der Waals surface area contributed by atoms with Gasteiger partial charge in [0.15, 0.2) is 0 Å². The number of aromatic nitrogens is 2. The topological polar surface area (TPSA) is 74.8 Å². The number of nitrogens with zero attached hydrogens (tertiary/aromatic N) is 1. The van der Waals surface area contributed by atoms with E-state index in [0.717, 1.165) is 23.7 Å². The van der Waals surface area contributed by atoms with Crippen molar-refractivity contribution in [2.75, 3.05) is 4.72 Å². The van der Waals surface area contributed by atoms with E-state index in [9.17, 15) is 21.6 Å². The van der Waals surface area contributed by atoms with Crippen molar-refractivity contribution < 1.29 is 21.6 Å². The van der Waals surface area contributed by atoms with E-state index in [1.54, 1.807) is 24.3 Å². The van der Waals surface area contributed by atoms with E-state index >= 15 is 0 Å². The molecule has 5 nitrogen and oxygen atoms in total. The Hall–Kier alpha value is -3.33. The fourth-order valence-corrected chi connectivity index (χ4v) is 4.30. The van der Waals surface area contributed by atoms with Crippen molar-refractivity contribution in [3.63, 3.8) is 0 Å². The maximum atomic E-state index is 13.3. The Morgan fingerprint density at radius 2 is 1.52 bits per heavy atom. The van der Waals surface area contributed by atoms with Gasteiger partial charge in [0.25, 0.3) is 10.0 Å². The molecular formula is C20H14F3N3O2S. The highest BCUT2D eigenvalue weighted by Gasteiger charge is 2.37. The number of anilines is 1. The Kier molecular flexibility index (Phi) is 4.54. The Labute approximate surface area is 164 Å². The third-order valence-electron chi connectivity index (χ3n) is 4.30. The van der Waals surface area contributed by atoms with Crippen molar-refractivity contribution in [2.24, 2.45) is 0 Å². The average molecular weight is 417 g/mol. The summed E-state index contributed by atoms with van der Waals surface area (Å²) < 4.78 is 67.7. The molecule has 1 heterocycles. The van der Waals surface area contributed by atoms with Gasteiger partial charge in [0.05, 0.1) is 27.2 Å². The van der Waals surface area contributed by atoms with Gasteiger partial charge in [-0.3, -0.25) is 4.72 Å². The van der Waals surface area contributed by atoms with Gasteiger partial charge in [-0.2, -0.15) is 13.2 Å². The van der Waals surface area contributed by atoms with Crippen LogP contribution in [0.25, 0.3) is 22.4 Å². The van der Waals surface area contributed by atoms with Crippen LogP contribution in [0.4, 0.5) is 18.9 Å². The molecule has 2 N–H and O–H groups in total. The predicted octanol–water partition coefficient (Wildman–Crippen LogP) is 5.05. The first kappa shape index (κ1) is 19.0. The second kappa shape index (κ2) is 6.93. The van der Waals surface area contributed by atoms with Gasteiger partial charge in [0.1, 0.15) is 5.82 Å². The molecule has 29 heavy (non-hydrogen) atoms. The first-order valence-electron chi connectivity index (χ1n) is 8.49. The third kappa shape index (κ3) is 3.68. The molecular weight excluding hydrogens is 403 g/mol. The van der Waals surface area contributed by atoms with Crippen LogP contribution in [-0.2, 0) is 16.2 Å². The number of aromatic amines is 1. The zero-order valence-corrected chi connectivity index (χ0v) is 15.6. The van der Waals surface area contributed by atoms with Crippen LogP contribution in [0.2, 0.25) is 0 Å². The summed E-state index contributed by atoms with van der Waals surface area (Å²) in [6.07, 6.45) is -4.80. The number of hydrogen-bond acceptors (Lipinski definition) is 3. The normalized spacial score (nSPS) is 12.2. The molecule has 3 aromatic carbocycles. The standard InChI is InChI=1S/C20H14F3N3O2S/c21-20(22,23)14-8-2-6-12-18(14)29(27,28)26-15-9-3-1-7-13(15)19-24-16-10-4-5-11-17(16)25-19/h1-12,26H,(H,24,25). The first-order chi connectivity index (χ1) is 13.8. The third-order valence-corrected chi connectivity index (χ3v) is 5.72. The molecule has 1 aromatic heterocycles. The summed E-state index contributed by atoms with van der Waals surface area (Å²) in [5.74, 6) is 0.397. The quantitative estimate of drug-likeness (QED) is 0.488. The van der Waals surface area contributed by atoms with Crippen LogP contribution >= 0.6 is 0 Å². The van der Waals surface area contributed by atoms with Crippen molar-refractivity contribution >= 4 is 26.7 Å². The van der Waals surface area contributed by atoms with Crippen LogP contribution in [0, 0.1) is 0 Å². The molecule has 9 heteroatoms. The van der Waals surface area contributed by atoms with Crippen LogP contribution < -0.4 is 4.72 Å². The van der Waals surface area contributed by atoms with E-state index < -0.39 is 26.7 Å². The van der Waals surface area contributed by atoms with Gasteiger partial charge >= 0.3 is 6.18 Å². The minimum atomic E-state index is -4.80. The van der Waals surface area contributed by atoms with E-state index in [0.29, 0.717) is 16.9 Å². The van der Waals surface area contributed by atoms with Crippen molar-refractivity contribution in [1.82, 2.24) is 9.97 Å². The molecule has 148 valence electrons. The van der Waals surface area contributed by atoms with E-state index in [-0.39, 0.29) is 5.69 Å². The molecule has 0 saturated heterocycles. The van der Waals surface area contributed by atoms with Crippen LogP contribution in [0.1, 0.15) is 5.56 Å². The van der Waals surface area contributed by atoms with E-state index in [4.69, 9.17) is 0 Å². The number of fused-ring (bicyclic) bond motifs is 1. The Bertz CT molecular complexity index is 1260. The molecule has 0 spiro atoms. The number of nitrogens with one attached hydrogen (secondary N) is 2. The molecule has 0 bridgehead atoms. The summed E-state index contributed by atoms with van der Waals surface area (Å²) in [5.41, 5.74) is 0.735. The maximum Gasteiger partial charge on any atom is 0.417 e. The van der Waals surface area contributed by atoms with Crippen molar-refractivity contribution in [3.05, 3.63) is 78.4 Å². The number of benzene rings is 3. The lowest BCUT2D eigenvalue weighted by atomic mass is 10.2. The van der Waals surface area contributed by atoms with Crippen LogP contribution in [0.3, 0.4) is 0 Å². The summed E-state index contributed by atoms with van der Waals surface area (Å²) >= 11 is 0. The lowest BCUT2D eigenvalue weighted by Gasteiger charge is -2.15. The van der Waals surface area contributed by atoms with Gasteiger partial charge in [-0.05, 0) is 36.4 Å². The average Bonchev–Trinajstić information content (AvgIpc) is 3.11. The predicted molar refractivity (Wildman–Crippen MR) is 104 cm³/mol. The Morgan fingerprint density at radius 1 is 0.862 bits per heavy atom. The summed E-state index contributed by atoms with van der Waals surface area (Å²) in [7, 11) is -4.50. The lowest BCUT2D eigenvalue weighted by Crippen LogP contribution is -2.19. The zero-order chi connectivity index (χ0) is 20.6. The minimum Gasteiger partial charge on any atom is -0.338 e. The fourth-order valence-electron chi connectivity index (χ4n) is 2.99. The Balaban J connectivity index is 1.78. The maximum absolute atomic E-state index is 13.3. The molecule has 0 aliphatic rings. The number of imidazole rings is 1. The molecule has 0 aliphatic heterocycles. The molecule has 0 aliphatic carbocycles. The number of rotatable bonds is 4. The van der Waals surface area contributed by atoms with E-state index in [1.807, 2.05) is 18.2 Å². The van der Waals surface area contributed by atoms with Gasteiger partial charge in [-0.15, -0.1) is 0 Å². The SMILES string of the molecule is O=S(=O)(Nc1ccccc1-c1nc2ccccc2[nH]1)c1ccccc1C(F)(F)F. The smallest absolute Gasteiger partial charge is 0.338 e. The van der Waals surface area contributed by atoms with E-state index in [2.05, 4.69) is 14.7 Å². The molecule has 4 aromatic rings. The van der Waals surface area contributed by atoms with Gasteiger partial charge in [0, 0.05) is 5.56 Å². The lowest BCUT2D eigenvalue weighted by molar-refractivity contribution is -0.139. The van der Waals surface area contributed by atoms with Crippen LogP contribution in [0.15, 0.2) is 77.7 Å². The number of alkyl halides is 3. The van der Waals surface area contributed by atoms with Gasteiger partial charge in [-0.25, -0.2) is 13.4 Å². The highest BCUT2D eigenvalue weighted by Crippen LogP contribution is 2.35. The van der Waals surface area contributed by atoms with Gasteiger partial charge < -0.3 is 4.98 Å². The number of hydrogen-bond donors (Lipinski definition) is 2. The molecule has 0 amide bonds. The van der Waals surface area contributed by atoms with E-state index in [1.165, 1.54) is 12.1 Å². The van der Waals surface area contributed by atoms with Crippen LogP contribution in [-0.4, -0.2) is 18.4 Å². The Morgan fingerprint density at radius 3 is 2.28 bits per heavy atom. The molecule has 0 atom stereocenters. The fraction of sp³-hybridized carbons (Fsp3) is 0.0500. The molecule has 0 unspecified atom stereocenters. The number of H-pyrrole nitrogens is 1. The zero-order valence-electron chi connectivity index (χ0n) is 14.7. The first-order valence-corrected chi connectivity index (χ1v) is 9.97. The van der Waals surface area contributed by atoms with Crippen molar-refractivity contribution in [1.29, 1.82) is 0 Å². The second-order valence-electron chi connectivity index (χ2n) is 6.25. The summed E-state index contributed by atoms with van der Waals surface area (Å²) in [4.78, 5) is 6.68. The highest BCUT2D eigenvalue weighted by atomic mass is 32.2. The summed E-state index contributed by atoms with van der Waals surface area (Å²) in [6.45, 7) is 0. The van der Waals surface area contributed by atoms with Crippen molar-refractivity contribution in [3.8, 4) is 11.4 Å². The molecule has 0 radical (unpaired) electrons. The van der Waals surface area contributed by atoms with Crippen LogP contribution in [0.5, 0.6) is 0 Å². The molecule has 0 fully saturated rings. The van der Waals surface area contributed by atoms with Gasteiger partial charge in [-0.1, -0.05) is 36.4 Å². The monoisotopic (exact) mass is 417 g/mol. The molecule has 4 rings (SSSR count). The second-order valence-corrected chi connectivity index (χ2v) is 7.90. The number of para-hydroxylation sites is 3. The summed E-state index contributed by atoms with van der Waals surface area (Å²) in [6, 6.07) is 17.7. The highest BCUT2D eigenvalue weighted by molar-refractivity contribution is 7.92. The van der Waals surface area contributed by atoms with Crippen molar-refractivity contribution in [2.45, 2.75) is 11.1 Å². The largest absolute Gasteiger partial charge is 0.417 e. The minimum absolute atomic E-state index is 0.114. The number of halogens is 3. The molecule has 0 saturated carbocycles. The van der Waals surface area contributed by atoms with Gasteiger partial charge in [0.2, 0.25) is 0 Å². The number of sulfonamides is 1.